The fraction of sp³-hybridized carbons (Fsp3) is 0.448. The maximum Gasteiger partial charge on any atom is 0.337 e. The Morgan fingerprint density at radius 1 is 1.11 bits per heavy atom. The number of aryl methyl sites for hydroxylation is 2. The zero-order valence-corrected chi connectivity index (χ0v) is 21.1. The van der Waals surface area contributed by atoms with E-state index < -0.39 is 0 Å². The van der Waals surface area contributed by atoms with E-state index in [1.807, 2.05) is 18.2 Å². The Labute approximate surface area is 207 Å². The van der Waals surface area contributed by atoms with Gasteiger partial charge in [0, 0.05) is 24.5 Å². The third kappa shape index (κ3) is 5.21. The summed E-state index contributed by atoms with van der Waals surface area (Å²) in [5, 5.41) is 1.02. The molecule has 1 aliphatic carbocycles. The van der Waals surface area contributed by atoms with Gasteiger partial charge in [-0.25, -0.2) is 4.79 Å². The first kappa shape index (κ1) is 24.8. The van der Waals surface area contributed by atoms with Crippen molar-refractivity contribution in [1.29, 1.82) is 0 Å². The molecule has 0 bridgehead atoms. The molecule has 0 fully saturated rings. The molecule has 0 aliphatic heterocycles. The van der Waals surface area contributed by atoms with Gasteiger partial charge in [0.15, 0.2) is 0 Å². The van der Waals surface area contributed by atoms with E-state index in [-0.39, 0.29) is 17.8 Å². The Hall–Kier alpha value is -3.28. The fourth-order valence-electron chi connectivity index (χ4n) is 5.33. The number of carbonyl (C=O) groups excluding carboxylic acids is 2. The van der Waals surface area contributed by atoms with Crippen LogP contribution in [0.3, 0.4) is 0 Å². The Morgan fingerprint density at radius 2 is 1.94 bits per heavy atom. The molecule has 1 aliphatic rings. The molecule has 1 amide bonds. The Balaban J connectivity index is 1.68. The summed E-state index contributed by atoms with van der Waals surface area (Å²) in [6, 6.07) is 11.8. The number of nitrogens with zero attached hydrogens (tertiary/aromatic N) is 1. The maximum atomic E-state index is 12.4. The van der Waals surface area contributed by atoms with Crippen LogP contribution in [-0.2, 0) is 35.8 Å². The van der Waals surface area contributed by atoms with Crippen LogP contribution in [0, 0.1) is 0 Å². The van der Waals surface area contributed by atoms with Crippen molar-refractivity contribution in [3.63, 3.8) is 0 Å². The maximum absolute atomic E-state index is 12.4. The number of esters is 1. The number of amides is 1. The summed E-state index contributed by atoms with van der Waals surface area (Å²) in [4.78, 5) is 24.3. The average molecular weight is 477 g/mol. The van der Waals surface area contributed by atoms with Crippen LogP contribution in [0.15, 0.2) is 36.4 Å². The van der Waals surface area contributed by atoms with Gasteiger partial charge in [0.1, 0.15) is 5.75 Å². The van der Waals surface area contributed by atoms with E-state index in [2.05, 4.69) is 30.7 Å². The van der Waals surface area contributed by atoms with E-state index in [0.717, 1.165) is 59.9 Å². The number of carbonyl (C=O) groups is 2. The summed E-state index contributed by atoms with van der Waals surface area (Å²) >= 11 is 0. The van der Waals surface area contributed by atoms with Crippen molar-refractivity contribution in [1.82, 2.24) is 4.57 Å². The Morgan fingerprint density at radius 3 is 2.69 bits per heavy atom. The van der Waals surface area contributed by atoms with Crippen molar-refractivity contribution in [2.24, 2.45) is 12.8 Å². The zero-order chi connectivity index (χ0) is 24.9. The minimum absolute atomic E-state index is 0.268. The van der Waals surface area contributed by atoms with E-state index in [1.54, 1.807) is 6.07 Å². The van der Waals surface area contributed by atoms with Crippen LogP contribution in [0.25, 0.3) is 10.9 Å². The number of nitrogens with two attached hydrogens (primary N) is 1. The molecular weight excluding hydrogens is 440 g/mol. The molecule has 1 aromatic heterocycles. The monoisotopic (exact) mass is 476 g/mol. The predicted octanol–water partition coefficient (Wildman–Crippen LogP) is 5.22. The van der Waals surface area contributed by atoms with Gasteiger partial charge in [0.2, 0.25) is 5.91 Å². The highest BCUT2D eigenvalue weighted by atomic mass is 16.5. The van der Waals surface area contributed by atoms with E-state index in [9.17, 15) is 9.59 Å². The third-order valence-electron chi connectivity index (χ3n) is 7.15. The first-order chi connectivity index (χ1) is 16.9. The summed E-state index contributed by atoms with van der Waals surface area (Å²) in [5.41, 5.74) is 12.0. The molecule has 0 saturated heterocycles. The predicted molar refractivity (Wildman–Crippen MR) is 138 cm³/mol. The topological polar surface area (TPSA) is 83.6 Å². The molecule has 3 aromatic rings. The molecule has 0 radical (unpaired) electrons. The molecule has 0 spiro atoms. The number of methoxy groups -OCH3 is 1. The van der Waals surface area contributed by atoms with Gasteiger partial charge in [-0.05, 0) is 73.1 Å². The quantitative estimate of drug-likeness (QED) is 0.321. The first-order valence-electron chi connectivity index (χ1n) is 12.7. The van der Waals surface area contributed by atoms with Crippen molar-refractivity contribution >= 4 is 22.8 Å². The highest BCUT2D eigenvalue weighted by Gasteiger charge is 2.31. The lowest BCUT2D eigenvalue weighted by Gasteiger charge is -2.21. The number of hydrogen-bond acceptors (Lipinski definition) is 4. The van der Waals surface area contributed by atoms with E-state index in [0.29, 0.717) is 18.6 Å². The van der Waals surface area contributed by atoms with Crippen molar-refractivity contribution in [2.45, 2.75) is 64.2 Å². The number of benzene rings is 2. The van der Waals surface area contributed by atoms with Crippen LogP contribution in [0.4, 0.5) is 0 Å². The van der Waals surface area contributed by atoms with Gasteiger partial charge in [0.05, 0.1) is 30.7 Å². The Kier molecular flexibility index (Phi) is 7.79. The molecule has 35 heavy (non-hydrogen) atoms. The fourth-order valence-corrected chi connectivity index (χ4v) is 5.33. The Bertz CT molecular complexity index is 1230. The van der Waals surface area contributed by atoms with Crippen molar-refractivity contribution in [3.8, 4) is 5.75 Å². The standard InChI is InChI=1S/C29H36N2O4/c1-4-5-6-9-20-17-24-27(26-22(28(30)32)12-8-13-23(26)31(24)2)25(18-20)35-15-14-19-10-7-11-21(16-19)29(33)34-3/h7,10-11,16-18,22H,4-6,8-9,12-15H2,1-3H3,(H2,30,32). The van der Waals surface area contributed by atoms with Crippen LogP contribution < -0.4 is 10.5 Å². The van der Waals surface area contributed by atoms with Gasteiger partial charge in [-0.15, -0.1) is 0 Å². The second-order valence-electron chi connectivity index (χ2n) is 9.50. The van der Waals surface area contributed by atoms with Crippen LogP contribution in [0.1, 0.15) is 77.7 Å². The number of aromatic nitrogens is 1. The smallest absolute Gasteiger partial charge is 0.337 e. The first-order valence-corrected chi connectivity index (χ1v) is 12.7. The summed E-state index contributed by atoms with van der Waals surface area (Å²) in [6.07, 6.45) is 7.83. The molecule has 2 N–H and O–H groups in total. The van der Waals surface area contributed by atoms with Gasteiger partial charge in [0.25, 0.3) is 0 Å². The normalized spacial score (nSPS) is 15.1. The SMILES string of the molecule is CCCCCc1cc(OCCc2cccc(C(=O)OC)c2)c2c3c(n(C)c2c1)CCCC3C(N)=O. The number of primary amides is 1. The second kappa shape index (κ2) is 11.0. The molecule has 1 atom stereocenters. The van der Waals surface area contributed by atoms with Crippen molar-refractivity contribution in [3.05, 3.63) is 64.3 Å². The minimum Gasteiger partial charge on any atom is -0.493 e. The highest BCUT2D eigenvalue weighted by molar-refractivity contribution is 5.97. The van der Waals surface area contributed by atoms with Crippen molar-refractivity contribution in [2.75, 3.05) is 13.7 Å². The highest BCUT2D eigenvalue weighted by Crippen LogP contribution is 2.43. The summed E-state index contributed by atoms with van der Waals surface area (Å²) in [5.74, 6) is -0.0747. The number of rotatable bonds is 10. The van der Waals surface area contributed by atoms with Crippen LogP contribution in [-0.4, -0.2) is 30.2 Å². The van der Waals surface area contributed by atoms with Crippen molar-refractivity contribution < 1.29 is 19.1 Å². The molecular formula is C29H36N2O4. The largest absolute Gasteiger partial charge is 0.493 e. The molecule has 186 valence electrons. The van der Waals surface area contributed by atoms with E-state index >= 15 is 0 Å². The van der Waals surface area contributed by atoms with Gasteiger partial charge in [-0.2, -0.15) is 0 Å². The van der Waals surface area contributed by atoms with Gasteiger partial charge in [-0.1, -0.05) is 31.9 Å². The lowest BCUT2D eigenvalue weighted by Crippen LogP contribution is -2.25. The summed E-state index contributed by atoms with van der Waals surface area (Å²) < 4.78 is 13.5. The zero-order valence-electron chi connectivity index (χ0n) is 21.1. The molecule has 1 heterocycles. The molecule has 6 nitrogen and oxygen atoms in total. The molecule has 0 saturated carbocycles. The average Bonchev–Trinajstić information content (AvgIpc) is 3.16. The van der Waals surface area contributed by atoms with Gasteiger partial charge in [-0.3, -0.25) is 4.79 Å². The minimum atomic E-state index is -0.345. The van der Waals surface area contributed by atoms with Crippen LogP contribution in [0.2, 0.25) is 0 Å². The lowest BCUT2D eigenvalue weighted by molar-refractivity contribution is -0.119. The van der Waals surface area contributed by atoms with Crippen LogP contribution in [0.5, 0.6) is 5.75 Å². The lowest BCUT2D eigenvalue weighted by atomic mass is 9.84. The number of ether oxygens (including phenoxy) is 2. The van der Waals surface area contributed by atoms with Gasteiger partial charge < -0.3 is 19.8 Å². The number of unbranched alkanes of at least 4 members (excludes halogenated alkanes) is 2. The van der Waals surface area contributed by atoms with E-state index in [1.165, 1.54) is 31.2 Å². The summed E-state index contributed by atoms with van der Waals surface area (Å²) in [7, 11) is 3.47. The molecule has 2 aromatic carbocycles. The second-order valence-corrected chi connectivity index (χ2v) is 9.50. The number of hydrogen-bond donors (Lipinski definition) is 1. The van der Waals surface area contributed by atoms with Crippen LogP contribution >= 0.6 is 0 Å². The molecule has 1 unspecified atom stereocenters. The van der Waals surface area contributed by atoms with Gasteiger partial charge >= 0.3 is 5.97 Å². The molecule has 4 rings (SSSR count). The third-order valence-corrected chi connectivity index (χ3v) is 7.15. The van der Waals surface area contributed by atoms with E-state index in [4.69, 9.17) is 15.2 Å². The summed E-state index contributed by atoms with van der Waals surface area (Å²) in [6.45, 7) is 2.67. The molecule has 6 heteroatoms. The number of fused-ring (bicyclic) bond motifs is 3.